The van der Waals surface area contributed by atoms with Crippen LogP contribution in [0.2, 0.25) is 0 Å². The second-order valence-electron chi connectivity index (χ2n) is 6.23. The summed E-state index contributed by atoms with van der Waals surface area (Å²) in [5.41, 5.74) is 5.80. The van der Waals surface area contributed by atoms with Gasteiger partial charge >= 0.3 is 0 Å². The number of hydrogen-bond acceptors (Lipinski definition) is 4. The maximum absolute atomic E-state index is 12.4. The van der Waals surface area contributed by atoms with E-state index in [2.05, 4.69) is 20.3 Å². The number of nitrogens with one attached hydrogen (secondary N) is 2. The van der Waals surface area contributed by atoms with Crippen LogP contribution in [-0.2, 0) is 4.79 Å². The largest absolute Gasteiger partial charge is 0.351 e. The van der Waals surface area contributed by atoms with E-state index in [1.165, 1.54) is 11.8 Å². The van der Waals surface area contributed by atoms with Gasteiger partial charge in [0.1, 0.15) is 16.9 Å². The molecule has 0 unspecified atom stereocenters. The van der Waals surface area contributed by atoms with Gasteiger partial charge in [-0.25, -0.2) is 9.97 Å². The van der Waals surface area contributed by atoms with Crippen LogP contribution in [0.4, 0.5) is 5.69 Å². The highest BCUT2D eigenvalue weighted by Crippen LogP contribution is 2.29. The number of hydrogen-bond donors (Lipinski definition) is 2. The Bertz CT molecular complexity index is 1120. The molecule has 0 saturated heterocycles. The topological polar surface area (TPSA) is 70.7 Å². The van der Waals surface area contributed by atoms with E-state index in [-0.39, 0.29) is 11.7 Å². The molecule has 0 aliphatic heterocycles. The standard InChI is InChI=1S/C20H18N4OS/c1-12-7-8-13(2)16(9-12)23-17(25)10-26-20-19-18(21-11-22-20)14-5-3-4-6-15(14)24-19/h3-9,11,24H,10H2,1-2H3,(H,23,25). The molecule has 4 aromatic rings. The van der Waals surface area contributed by atoms with Crippen molar-refractivity contribution in [3.05, 3.63) is 59.9 Å². The molecule has 0 saturated carbocycles. The van der Waals surface area contributed by atoms with Crippen LogP contribution in [0.1, 0.15) is 11.1 Å². The van der Waals surface area contributed by atoms with Gasteiger partial charge in [-0.3, -0.25) is 4.79 Å². The Balaban J connectivity index is 1.54. The number of thioether (sulfide) groups is 1. The van der Waals surface area contributed by atoms with E-state index in [4.69, 9.17) is 0 Å². The van der Waals surface area contributed by atoms with Crippen LogP contribution >= 0.6 is 11.8 Å². The summed E-state index contributed by atoms with van der Waals surface area (Å²) in [5, 5.41) is 4.82. The molecule has 2 N–H and O–H groups in total. The first-order valence-electron chi connectivity index (χ1n) is 8.33. The van der Waals surface area contributed by atoms with Crippen LogP contribution in [-0.4, -0.2) is 26.6 Å². The average molecular weight is 362 g/mol. The Labute approximate surface area is 155 Å². The highest BCUT2D eigenvalue weighted by atomic mass is 32.2. The number of aryl methyl sites for hydroxylation is 2. The number of amides is 1. The molecule has 0 atom stereocenters. The van der Waals surface area contributed by atoms with Gasteiger partial charge in [-0.1, -0.05) is 42.1 Å². The summed E-state index contributed by atoms with van der Waals surface area (Å²) in [5.74, 6) is 0.237. The number of aromatic nitrogens is 3. The number of anilines is 1. The third-order valence-corrected chi connectivity index (χ3v) is 5.25. The number of carbonyl (C=O) groups is 1. The number of benzene rings is 2. The lowest BCUT2D eigenvalue weighted by Crippen LogP contribution is -2.15. The van der Waals surface area contributed by atoms with Crippen LogP contribution in [0, 0.1) is 13.8 Å². The fraction of sp³-hybridized carbons (Fsp3) is 0.150. The van der Waals surface area contributed by atoms with Gasteiger partial charge in [-0.05, 0) is 37.1 Å². The molecule has 0 radical (unpaired) electrons. The minimum absolute atomic E-state index is 0.0495. The van der Waals surface area contributed by atoms with Crippen molar-refractivity contribution in [2.75, 3.05) is 11.1 Å². The first-order chi connectivity index (χ1) is 12.6. The van der Waals surface area contributed by atoms with Crippen molar-refractivity contribution >= 4 is 45.3 Å². The smallest absolute Gasteiger partial charge is 0.234 e. The predicted octanol–water partition coefficient (Wildman–Crippen LogP) is 4.46. The monoisotopic (exact) mass is 362 g/mol. The Kier molecular flexibility index (Phi) is 4.34. The molecule has 130 valence electrons. The zero-order valence-electron chi connectivity index (χ0n) is 14.5. The molecule has 0 spiro atoms. The van der Waals surface area contributed by atoms with Crippen LogP contribution in [0.15, 0.2) is 53.8 Å². The van der Waals surface area contributed by atoms with Crippen LogP contribution in [0.5, 0.6) is 0 Å². The van der Waals surface area contributed by atoms with Crippen molar-refractivity contribution in [1.82, 2.24) is 15.0 Å². The number of fused-ring (bicyclic) bond motifs is 3. The minimum Gasteiger partial charge on any atom is -0.351 e. The van der Waals surface area contributed by atoms with E-state index in [0.717, 1.165) is 43.8 Å². The Morgan fingerprint density at radius 2 is 2.00 bits per heavy atom. The molecule has 6 heteroatoms. The van der Waals surface area contributed by atoms with Gasteiger partial charge in [0.25, 0.3) is 0 Å². The van der Waals surface area contributed by atoms with E-state index in [1.54, 1.807) is 6.33 Å². The zero-order valence-corrected chi connectivity index (χ0v) is 15.4. The first-order valence-corrected chi connectivity index (χ1v) is 9.32. The van der Waals surface area contributed by atoms with Gasteiger partial charge in [0.05, 0.1) is 11.3 Å². The number of H-pyrrole nitrogens is 1. The normalized spacial score (nSPS) is 11.2. The van der Waals surface area contributed by atoms with Crippen molar-refractivity contribution in [2.24, 2.45) is 0 Å². The molecule has 2 heterocycles. The highest BCUT2D eigenvalue weighted by molar-refractivity contribution is 8.00. The lowest BCUT2D eigenvalue weighted by atomic mass is 10.1. The van der Waals surface area contributed by atoms with E-state index < -0.39 is 0 Å². The molecular weight excluding hydrogens is 344 g/mol. The second-order valence-corrected chi connectivity index (χ2v) is 7.19. The fourth-order valence-electron chi connectivity index (χ4n) is 2.92. The number of para-hydroxylation sites is 1. The molecule has 5 nitrogen and oxygen atoms in total. The summed E-state index contributed by atoms with van der Waals surface area (Å²) in [7, 11) is 0. The summed E-state index contributed by atoms with van der Waals surface area (Å²) < 4.78 is 0. The molecule has 0 bridgehead atoms. The predicted molar refractivity (Wildman–Crippen MR) is 107 cm³/mol. The second kappa shape index (κ2) is 6.80. The molecule has 0 aliphatic carbocycles. The summed E-state index contributed by atoms with van der Waals surface area (Å²) in [6.45, 7) is 4.00. The summed E-state index contributed by atoms with van der Waals surface area (Å²) in [6.07, 6.45) is 1.55. The average Bonchev–Trinajstić information content (AvgIpc) is 3.02. The Morgan fingerprint density at radius 3 is 2.88 bits per heavy atom. The Hall–Kier alpha value is -2.86. The maximum Gasteiger partial charge on any atom is 0.234 e. The van der Waals surface area contributed by atoms with Gasteiger partial charge in [0.2, 0.25) is 5.91 Å². The maximum atomic E-state index is 12.4. The van der Waals surface area contributed by atoms with E-state index >= 15 is 0 Å². The SMILES string of the molecule is Cc1ccc(C)c(NC(=O)CSc2ncnc3c2[nH]c2ccccc23)c1. The molecule has 4 rings (SSSR count). The summed E-state index contributed by atoms with van der Waals surface area (Å²) >= 11 is 1.41. The van der Waals surface area contributed by atoms with Crippen LogP contribution < -0.4 is 5.32 Å². The van der Waals surface area contributed by atoms with Gasteiger partial charge in [0.15, 0.2) is 0 Å². The highest BCUT2D eigenvalue weighted by Gasteiger charge is 2.13. The third kappa shape index (κ3) is 3.15. The molecular formula is C20H18N4OS. The van der Waals surface area contributed by atoms with E-state index in [1.807, 2.05) is 56.3 Å². The number of rotatable bonds is 4. The summed E-state index contributed by atoms with van der Waals surface area (Å²) in [6, 6.07) is 14.0. The Morgan fingerprint density at radius 1 is 1.15 bits per heavy atom. The molecule has 0 aliphatic rings. The molecule has 2 aromatic heterocycles. The molecule has 26 heavy (non-hydrogen) atoms. The minimum atomic E-state index is -0.0495. The van der Waals surface area contributed by atoms with Crippen molar-refractivity contribution < 1.29 is 4.79 Å². The lowest BCUT2D eigenvalue weighted by molar-refractivity contribution is -0.113. The van der Waals surface area contributed by atoms with Gasteiger partial charge < -0.3 is 10.3 Å². The fourth-order valence-corrected chi connectivity index (χ4v) is 3.67. The number of nitrogens with zero attached hydrogens (tertiary/aromatic N) is 2. The van der Waals surface area contributed by atoms with Crippen molar-refractivity contribution in [1.29, 1.82) is 0 Å². The van der Waals surface area contributed by atoms with Gasteiger partial charge in [-0.2, -0.15) is 0 Å². The molecule has 0 fully saturated rings. The molecule has 2 aromatic carbocycles. The summed E-state index contributed by atoms with van der Waals surface area (Å²) in [4.78, 5) is 24.5. The van der Waals surface area contributed by atoms with Crippen LogP contribution in [0.3, 0.4) is 0 Å². The van der Waals surface area contributed by atoms with Gasteiger partial charge in [0, 0.05) is 16.6 Å². The third-order valence-electron chi connectivity index (χ3n) is 4.26. The first kappa shape index (κ1) is 16.6. The lowest BCUT2D eigenvalue weighted by Gasteiger charge is -2.09. The zero-order chi connectivity index (χ0) is 18.1. The van der Waals surface area contributed by atoms with Crippen molar-refractivity contribution in [3.8, 4) is 0 Å². The van der Waals surface area contributed by atoms with Crippen molar-refractivity contribution in [3.63, 3.8) is 0 Å². The van der Waals surface area contributed by atoms with E-state index in [0.29, 0.717) is 0 Å². The van der Waals surface area contributed by atoms with Gasteiger partial charge in [-0.15, -0.1) is 0 Å². The quantitative estimate of drug-likeness (QED) is 0.415. The number of aromatic amines is 1. The molecule has 1 amide bonds. The number of carbonyl (C=O) groups excluding carboxylic acids is 1. The van der Waals surface area contributed by atoms with E-state index in [9.17, 15) is 4.79 Å². The van der Waals surface area contributed by atoms with Crippen LogP contribution in [0.25, 0.3) is 21.9 Å². The van der Waals surface area contributed by atoms with Crippen molar-refractivity contribution in [2.45, 2.75) is 18.9 Å².